The first kappa shape index (κ1) is 17.7. The summed E-state index contributed by atoms with van der Waals surface area (Å²) in [5.74, 6) is -2.34. The highest BCUT2D eigenvalue weighted by molar-refractivity contribution is 6.09. The first-order valence-corrected chi connectivity index (χ1v) is 9.22. The summed E-state index contributed by atoms with van der Waals surface area (Å²) in [5.41, 5.74) is 1.10. The van der Waals surface area contributed by atoms with Crippen LogP contribution in [0.1, 0.15) is 50.5 Å². The van der Waals surface area contributed by atoms with Crippen molar-refractivity contribution in [2.75, 3.05) is 0 Å². The molecule has 3 rings (SSSR count). The Bertz CT molecular complexity index is 606. The first-order valence-electron chi connectivity index (χ1n) is 9.22. The van der Waals surface area contributed by atoms with Crippen LogP contribution in [0, 0.1) is 17.8 Å². The number of benzene rings is 1. The molecule has 1 aromatic carbocycles. The summed E-state index contributed by atoms with van der Waals surface area (Å²) in [6, 6.07) is 9.80. The van der Waals surface area contributed by atoms with Crippen LogP contribution >= 0.6 is 0 Å². The van der Waals surface area contributed by atoms with E-state index in [-0.39, 0.29) is 23.1 Å². The predicted octanol–water partition coefficient (Wildman–Crippen LogP) is 3.11. The van der Waals surface area contributed by atoms with Gasteiger partial charge in [0.2, 0.25) is 0 Å². The van der Waals surface area contributed by atoms with Crippen molar-refractivity contribution < 1.29 is 19.2 Å². The minimum atomic E-state index is -0.770. The zero-order valence-electron chi connectivity index (χ0n) is 14.4. The Balaban J connectivity index is 1.87. The van der Waals surface area contributed by atoms with Gasteiger partial charge in [0.1, 0.15) is 23.1 Å². The molecule has 2 aliphatic carbocycles. The van der Waals surface area contributed by atoms with Crippen molar-refractivity contribution in [2.45, 2.75) is 51.4 Å². The fourth-order valence-corrected chi connectivity index (χ4v) is 4.31. The van der Waals surface area contributed by atoms with E-state index in [1.165, 1.54) is 0 Å². The SMILES string of the molecule is O=C1CCCC(=O)C1C(CCc1ccccc1)C1C(=O)CCCC1=O. The van der Waals surface area contributed by atoms with Crippen LogP contribution in [0.5, 0.6) is 0 Å². The maximum absolute atomic E-state index is 12.5. The summed E-state index contributed by atoms with van der Waals surface area (Å²) >= 11 is 0. The molecule has 132 valence electrons. The third kappa shape index (κ3) is 3.94. The summed E-state index contributed by atoms with van der Waals surface area (Å²) in [6.45, 7) is 0. The minimum absolute atomic E-state index is 0.0829. The van der Waals surface area contributed by atoms with Crippen molar-refractivity contribution in [3.8, 4) is 0 Å². The van der Waals surface area contributed by atoms with Crippen molar-refractivity contribution in [3.05, 3.63) is 35.9 Å². The molecule has 1 aromatic rings. The summed E-state index contributed by atoms with van der Waals surface area (Å²) in [4.78, 5) is 49.9. The molecule has 0 unspecified atom stereocenters. The second-order valence-corrected chi connectivity index (χ2v) is 7.22. The molecule has 0 spiro atoms. The molecule has 2 fully saturated rings. The van der Waals surface area contributed by atoms with Crippen molar-refractivity contribution in [1.82, 2.24) is 0 Å². The second kappa shape index (κ2) is 7.85. The Kier molecular flexibility index (Phi) is 5.57. The monoisotopic (exact) mass is 340 g/mol. The molecule has 0 saturated heterocycles. The van der Waals surface area contributed by atoms with Gasteiger partial charge >= 0.3 is 0 Å². The highest BCUT2D eigenvalue weighted by Crippen LogP contribution is 2.37. The van der Waals surface area contributed by atoms with Crippen LogP contribution in [0.2, 0.25) is 0 Å². The van der Waals surface area contributed by atoms with E-state index >= 15 is 0 Å². The fourth-order valence-electron chi connectivity index (χ4n) is 4.31. The molecule has 2 saturated carbocycles. The van der Waals surface area contributed by atoms with E-state index in [1.54, 1.807) is 0 Å². The van der Waals surface area contributed by atoms with Gasteiger partial charge in [-0.15, -0.1) is 0 Å². The van der Waals surface area contributed by atoms with Gasteiger partial charge in [0, 0.05) is 25.7 Å². The standard InChI is InChI=1S/C21H24O4/c22-16-8-4-9-17(23)20(16)15(13-12-14-6-2-1-3-7-14)21-18(24)10-5-11-19(21)25/h1-3,6-7,15,20-21H,4-5,8-13H2. The van der Waals surface area contributed by atoms with Crippen LogP contribution in [-0.2, 0) is 25.6 Å². The van der Waals surface area contributed by atoms with Gasteiger partial charge in [-0.2, -0.15) is 0 Å². The lowest BCUT2D eigenvalue weighted by Gasteiger charge is -2.34. The molecular weight excluding hydrogens is 316 g/mol. The molecule has 0 bridgehead atoms. The smallest absolute Gasteiger partial charge is 0.143 e. The minimum Gasteiger partial charge on any atom is -0.299 e. The van der Waals surface area contributed by atoms with Crippen molar-refractivity contribution >= 4 is 23.1 Å². The lowest BCUT2D eigenvalue weighted by molar-refractivity contribution is -0.144. The maximum Gasteiger partial charge on any atom is 0.143 e. The van der Waals surface area contributed by atoms with Crippen LogP contribution in [0.4, 0.5) is 0 Å². The van der Waals surface area contributed by atoms with Gasteiger partial charge in [-0.25, -0.2) is 0 Å². The molecule has 0 aromatic heterocycles. The lowest BCUT2D eigenvalue weighted by atomic mass is 9.66. The Labute approximate surface area is 148 Å². The molecule has 0 N–H and O–H groups in total. The molecular formula is C21H24O4. The molecule has 2 aliphatic rings. The van der Waals surface area contributed by atoms with Crippen LogP contribution in [0.15, 0.2) is 30.3 Å². The highest BCUT2D eigenvalue weighted by atomic mass is 16.2. The van der Waals surface area contributed by atoms with Gasteiger partial charge in [0.05, 0.1) is 11.8 Å². The summed E-state index contributed by atoms with van der Waals surface area (Å²) in [5, 5.41) is 0. The van der Waals surface area contributed by atoms with E-state index in [2.05, 4.69) is 0 Å². The van der Waals surface area contributed by atoms with Crippen molar-refractivity contribution in [1.29, 1.82) is 0 Å². The molecule has 25 heavy (non-hydrogen) atoms. The number of Topliss-reactive ketones (excluding diaryl/α,β-unsaturated/α-hetero) is 4. The molecule has 4 heteroatoms. The quantitative estimate of drug-likeness (QED) is 0.772. The molecule has 4 nitrogen and oxygen atoms in total. The number of carbonyl (C=O) groups is 4. The molecule has 0 amide bonds. The Morgan fingerprint density at radius 3 is 1.60 bits per heavy atom. The summed E-state index contributed by atoms with van der Waals surface area (Å²) < 4.78 is 0. The van der Waals surface area contributed by atoms with Crippen LogP contribution < -0.4 is 0 Å². The van der Waals surface area contributed by atoms with Gasteiger partial charge < -0.3 is 0 Å². The van der Waals surface area contributed by atoms with Gasteiger partial charge in [0.15, 0.2) is 0 Å². The number of hydrogen-bond donors (Lipinski definition) is 0. The Morgan fingerprint density at radius 2 is 1.16 bits per heavy atom. The summed E-state index contributed by atoms with van der Waals surface area (Å²) in [6.07, 6.45) is 3.90. The van der Waals surface area contributed by atoms with Crippen LogP contribution in [-0.4, -0.2) is 23.1 Å². The number of hydrogen-bond acceptors (Lipinski definition) is 4. The van der Waals surface area contributed by atoms with E-state index in [0.717, 1.165) is 5.56 Å². The molecule has 0 radical (unpaired) electrons. The molecule has 0 atom stereocenters. The van der Waals surface area contributed by atoms with Gasteiger partial charge in [-0.3, -0.25) is 19.2 Å². The normalized spacial score (nSPS) is 20.5. The third-order valence-corrected chi connectivity index (χ3v) is 5.55. The van der Waals surface area contributed by atoms with E-state index in [4.69, 9.17) is 0 Å². The molecule has 0 heterocycles. The van der Waals surface area contributed by atoms with Gasteiger partial charge in [-0.1, -0.05) is 30.3 Å². The fraction of sp³-hybridized carbons (Fsp3) is 0.524. The largest absolute Gasteiger partial charge is 0.299 e. The van der Waals surface area contributed by atoms with Crippen LogP contribution in [0.25, 0.3) is 0 Å². The highest BCUT2D eigenvalue weighted by Gasteiger charge is 2.45. The van der Waals surface area contributed by atoms with Crippen molar-refractivity contribution in [2.24, 2.45) is 17.8 Å². The number of aryl methyl sites for hydroxylation is 1. The van der Waals surface area contributed by atoms with E-state index in [1.807, 2.05) is 30.3 Å². The zero-order valence-corrected chi connectivity index (χ0v) is 14.4. The van der Waals surface area contributed by atoms with E-state index in [9.17, 15) is 19.2 Å². The third-order valence-electron chi connectivity index (χ3n) is 5.55. The zero-order chi connectivity index (χ0) is 17.8. The number of rotatable bonds is 5. The van der Waals surface area contributed by atoms with Gasteiger partial charge in [0.25, 0.3) is 0 Å². The number of carbonyl (C=O) groups excluding carboxylic acids is 4. The summed E-state index contributed by atoms with van der Waals surface area (Å²) in [7, 11) is 0. The van der Waals surface area contributed by atoms with E-state index in [0.29, 0.717) is 51.4 Å². The average Bonchev–Trinajstić information content (AvgIpc) is 2.59. The first-order chi connectivity index (χ1) is 12.1. The lowest BCUT2D eigenvalue weighted by Crippen LogP contribution is -2.45. The van der Waals surface area contributed by atoms with E-state index < -0.39 is 17.8 Å². The average molecular weight is 340 g/mol. The number of ketones is 4. The van der Waals surface area contributed by atoms with Crippen molar-refractivity contribution in [3.63, 3.8) is 0 Å². The molecule has 0 aliphatic heterocycles. The Hall–Kier alpha value is -2.10. The Morgan fingerprint density at radius 1 is 0.720 bits per heavy atom. The topological polar surface area (TPSA) is 68.3 Å². The predicted molar refractivity (Wildman–Crippen MR) is 93.0 cm³/mol. The maximum atomic E-state index is 12.5. The van der Waals surface area contributed by atoms with Crippen LogP contribution in [0.3, 0.4) is 0 Å². The van der Waals surface area contributed by atoms with Gasteiger partial charge in [-0.05, 0) is 37.2 Å². The second-order valence-electron chi connectivity index (χ2n) is 7.22.